The molecule has 5 nitrogen and oxygen atoms in total. The van der Waals surface area contributed by atoms with Crippen LogP contribution in [0.1, 0.15) is 52.0 Å². The maximum absolute atomic E-state index is 13.3. The van der Waals surface area contributed by atoms with Crippen LogP contribution in [-0.2, 0) is 4.79 Å². The van der Waals surface area contributed by atoms with E-state index in [4.69, 9.17) is 0 Å². The van der Waals surface area contributed by atoms with E-state index in [0.717, 1.165) is 17.7 Å². The van der Waals surface area contributed by atoms with Crippen molar-refractivity contribution in [1.82, 2.24) is 9.80 Å². The summed E-state index contributed by atoms with van der Waals surface area (Å²) in [7, 11) is 3.51. The predicted molar refractivity (Wildman–Crippen MR) is 125 cm³/mol. The first-order valence-corrected chi connectivity index (χ1v) is 10.7. The molecule has 0 N–H and O–H groups in total. The summed E-state index contributed by atoms with van der Waals surface area (Å²) in [6.45, 7) is 13.6. The molecule has 1 aromatic rings. The summed E-state index contributed by atoms with van der Waals surface area (Å²) in [5, 5.41) is 0. The Balaban J connectivity index is 2.36. The van der Waals surface area contributed by atoms with Crippen LogP contribution < -0.4 is 4.90 Å². The Labute approximate surface area is 181 Å². The molecule has 3 amide bonds. The van der Waals surface area contributed by atoms with Crippen molar-refractivity contribution in [3.05, 3.63) is 65.4 Å². The highest BCUT2D eigenvalue weighted by Gasteiger charge is 2.28. The average Bonchev–Trinajstić information content (AvgIpc) is 2.74. The first-order chi connectivity index (χ1) is 14.2. The molecule has 0 aliphatic carbocycles. The summed E-state index contributed by atoms with van der Waals surface area (Å²) in [6.07, 6.45) is 5.23. The van der Waals surface area contributed by atoms with E-state index in [2.05, 4.69) is 32.6 Å². The fraction of sp³-hybridized carbons (Fsp3) is 0.440. The molecule has 0 radical (unpaired) electrons. The number of carbonyl (C=O) groups excluding carboxylic acids is 2. The van der Waals surface area contributed by atoms with Gasteiger partial charge in [-0.05, 0) is 55.0 Å². The SMILES string of the molecule is C=C1CCN(c2ccc(C(C)C)cc2)C(=O)/C1=C/C(=C\CC)N(C)C(=O)N(C)CC. The normalized spacial score (nSPS) is 16.4. The van der Waals surface area contributed by atoms with Crippen molar-refractivity contribution in [1.29, 1.82) is 0 Å². The molecule has 1 aliphatic heterocycles. The van der Waals surface area contributed by atoms with Gasteiger partial charge >= 0.3 is 6.03 Å². The number of urea groups is 1. The lowest BCUT2D eigenvalue weighted by molar-refractivity contribution is -0.115. The number of benzene rings is 1. The Morgan fingerprint density at radius 3 is 2.37 bits per heavy atom. The molecule has 0 atom stereocenters. The van der Waals surface area contributed by atoms with Gasteiger partial charge < -0.3 is 9.80 Å². The molecule has 0 unspecified atom stereocenters. The molecule has 0 spiro atoms. The topological polar surface area (TPSA) is 43.9 Å². The van der Waals surface area contributed by atoms with Crippen molar-refractivity contribution in [3.63, 3.8) is 0 Å². The van der Waals surface area contributed by atoms with Crippen molar-refractivity contribution in [3.8, 4) is 0 Å². The molecule has 1 aliphatic rings. The predicted octanol–water partition coefficient (Wildman–Crippen LogP) is 5.33. The first-order valence-electron chi connectivity index (χ1n) is 10.7. The van der Waals surface area contributed by atoms with Crippen LogP contribution in [0, 0.1) is 0 Å². The van der Waals surface area contributed by atoms with E-state index in [1.54, 1.807) is 28.8 Å². The highest BCUT2D eigenvalue weighted by molar-refractivity contribution is 6.10. The molecule has 5 heteroatoms. The highest BCUT2D eigenvalue weighted by Crippen LogP contribution is 2.29. The molecule has 1 saturated heterocycles. The Kier molecular flexibility index (Phi) is 8.04. The zero-order chi connectivity index (χ0) is 22.4. The lowest BCUT2D eigenvalue weighted by Crippen LogP contribution is -2.39. The fourth-order valence-corrected chi connectivity index (χ4v) is 3.38. The van der Waals surface area contributed by atoms with Gasteiger partial charge in [-0.15, -0.1) is 0 Å². The van der Waals surface area contributed by atoms with Crippen LogP contribution in [-0.4, -0.2) is 48.9 Å². The van der Waals surface area contributed by atoms with Crippen molar-refractivity contribution in [2.45, 2.75) is 46.5 Å². The average molecular weight is 410 g/mol. The van der Waals surface area contributed by atoms with Gasteiger partial charge in [0.2, 0.25) is 0 Å². The van der Waals surface area contributed by atoms with Crippen molar-refractivity contribution in [2.75, 3.05) is 32.1 Å². The number of allylic oxidation sites excluding steroid dienone is 2. The maximum atomic E-state index is 13.3. The molecule has 162 valence electrons. The van der Waals surface area contributed by atoms with Gasteiger partial charge in [0.25, 0.3) is 5.91 Å². The molecule has 2 rings (SSSR count). The smallest absolute Gasteiger partial charge is 0.323 e. The molecule has 0 bridgehead atoms. The number of piperidine rings is 1. The Hall–Kier alpha value is -2.82. The van der Waals surface area contributed by atoms with Crippen molar-refractivity contribution >= 4 is 17.6 Å². The third-order valence-corrected chi connectivity index (χ3v) is 5.55. The lowest BCUT2D eigenvalue weighted by Gasteiger charge is -2.31. The standard InChI is InChI=1S/C25H35N3O2/c1-8-10-22(27(7)25(30)26(6)9-2)17-23-19(5)15-16-28(24(23)29)21-13-11-20(12-14-21)18(3)4/h10-14,17-18H,5,8-9,15-16H2,1-4,6-7H3/b22-10+,23-17+. The summed E-state index contributed by atoms with van der Waals surface area (Å²) < 4.78 is 0. The second-order valence-corrected chi connectivity index (χ2v) is 8.01. The minimum Gasteiger partial charge on any atom is -0.328 e. The summed E-state index contributed by atoms with van der Waals surface area (Å²) in [4.78, 5) is 31.0. The Morgan fingerprint density at radius 1 is 1.20 bits per heavy atom. The fourth-order valence-electron chi connectivity index (χ4n) is 3.38. The summed E-state index contributed by atoms with van der Waals surface area (Å²) >= 11 is 0. The quantitative estimate of drug-likeness (QED) is 0.596. The Bertz CT molecular complexity index is 850. The van der Waals surface area contributed by atoms with Gasteiger partial charge in [0.05, 0.1) is 0 Å². The van der Waals surface area contributed by atoms with Crippen LogP contribution >= 0.6 is 0 Å². The zero-order valence-electron chi connectivity index (χ0n) is 19.2. The zero-order valence-corrected chi connectivity index (χ0v) is 19.2. The van der Waals surface area contributed by atoms with E-state index < -0.39 is 0 Å². The third kappa shape index (κ3) is 5.21. The molecule has 1 fully saturated rings. The van der Waals surface area contributed by atoms with Gasteiger partial charge in [-0.1, -0.05) is 45.6 Å². The van der Waals surface area contributed by atoms with Gasteiger partial charge in [0.15, 0.2) is 0 Å². The second kappa shape index (κ2) is 10.3. The van der Waals surface area contributed by atoms with E-state index in [-0.39, 0.29) is 11.9 Å². The molecule has 1 aromatic carbocycles. The van der Waals surface area contributed by atoms with E-state index in [1.165, 1.54) is 5.56 Å². The van der Waals surface area contributed by atoms with Crippen LogP contribution in [0.3, 0.4) is 0 Å². The van der Waals surface area contributed by atoms with Crippen LogP contribution in [0.25, 0.3) is 0 Å². The van der Waals surface area contributed by atoms with E-state index in [0.29, 0.717) is 36.7 Å². The van der Waals surface area contributed by atoms with Gasteiger partial charge in [-0.3, -0.25) is 9.69 Å². The monoisotopic (exact) mass is 409 g/mol. The first kappa shape index (κ1) is 23.5. The number of rotatable bonds is 6. The van der Waals surface area contributed by atoms with Crippen LogP contribution in [0.15, 0.2) is 59.8 Å². The molecular formula is C25H35N3O2. The number of carbonyl (C=O) groups is 2. The van der Waals surface area contributed by atoms with Crippen LogP contribution in [0.4, 0.5) is 10.5 Å². The van der Waals surface area contributed by atoms with Crippen LogP contribution in [0.5, 0.6) is 0 Å². The minimum atomic E-state index is -0.107. The number of hydrogen-bond acceptors (Lipinski definition) is 2. The number of anilines is 1. The third-order valence-electron chi connectivity index (χ3n) is 5.55. The van der Waals surface area contributed by atoms with Gasteiger partial charge in [0.1, 0.15) is 0 Å². The number of nitrogens with zero attached hydrogens (tertiary/aromatic N) is 3. The molecule has 0 saturated carbocycles. The Morgan fingerprint density at radius 2 is 1.83 bits per heavy atom. The summed E-state index contributed by atoms with van der Waals surface area (Å²) in [5.74, 6) is 0.373. The molecule has 30 heavy (non-hydrogen) atoms. The summed E-state index contributed by atoms with van der Waals surface area (Å²) in [6, 6.07) is 8.07. The lowest BCUT2D eigenvalue weighted by atomic mass is 9.96. The van der Waals surface area contributed by atoms with Crippen molar-refractivity contribution in [2.24, 2.45) is 0 Å². The van der Waals surface area contributed by atoms with E-state index in [1.807, 2.05) is 38.1 Å². The van der Waals surface area contributed by atoms with E-state index in [9.17, 15) is 9.59 Å². The highest BCUT2D eigenvalue weighted by atomic mass is 16.2. The largest absolute Gasteiger partial charge is 0.328 e. The number of amides is 3. The van der Waals surface area contributed by atoms with Gasteiger partial charge in [-0.2, -0.15) is 0 Å². The summed E-state index contributed by atoms with van der Waals surface area (Å²) in [5.41, 5.74) is 4.22. The maximum Gasteiger partial charge on any atom is 0.323 e. The van der Waals surface area contributed by atoms with Gasteiger partial charge in [0, 0.05) is 44.1 Å². The number of hydrogen-bond donors (Lipinski definition) is 0. The van der Waals surface area contributed by atoms with Crippen molar-refractivity contribution < 1.29 is 9.59 Å². The molecule has 0 aromatic heterocycles. The number of likely N-dealkylation sites (N-methyl/N-ethyl adjacent to an activating group) is 1. The minimum absolute atomic E-state index is 0.0738. The molecule has 1 heterocycles. The van der Waals surface area contributed by atoms with Gasteiger partial charge in [-0.25, -0.2) is 4.79 Å². The molecular weight excluding hydrogens is 374 g/mol. The van der Waals surface area contributed by atoms with E-state index >= 15 is 0 Å². The van der Waals surface area contributed by atoms with Crippen LogP contribution in [0.2, 0.25) is 0 Å². The second-order valence-electron chi connectivity index (χ2n) is 8.01.